The Labute approximate surface area is 474 Å². The second-order valence-electron chi connectivity index (χ2n) is 23.4. The van der Waals surface area contributed by atoms with Crippen LogP contribution in [0.4, 0.5) is 0 Å². The van der Waals surface area contributed by atoms with Gasteiger partial charge in [-0.15, -0.1) is 0 Å². The Morgan fingerprint density at radius 3 is 0.658 bits per heavy atom. The molecule has 0 amide bonds. The first-order valence-electron chi connectivity index (χ1n) is 34.3. The molecule has 0 rings (SSSR count). The highest BCUT2D eigenvalue weighted by Gasteiger charge is 2.19. The summed E-state index contributed by atoms with van der Waals surface area (Å²) in [5.41, 5.74) is 0. The van der Waals surface area contributed by atoms with Gasteiger partial charge < -0.3 is 14.2 Å². The molecule has 448 valence electrons. The maximum absolute atomic E-state index is 12.8. The molecular weight excluding hydrogens is 937 g/mol. The van der Waals surface area contributed by atoms with Gasteiger partial charge in [0.1, 0.15) is 13.2 Å². The quantitative estimate of drug-likeness (QED) is 0.0261. The molecule has 0 aliphatic heterocycles. The lowest BCUT2D eigenvalue weighted by Gasteiger charge is -2.18. The van der Waals surface area contributed by atoms with Crippen molar-refractivity contribution in [1.82, 2.24) is 0 Å². The smallest absolute Gasteiger partial charge is 0.306 e. The van der Waals surface area contributed by atoms with E-state index in [9.17, 15) is 14.4 Å². The predicted octanol–water partition coefficient (Wildman–Crippen LogP) is 23.4. The van der Waals surface area contributed by atoms with E-state index in [1.165, 1.54) is 289 Å². The van der Waals surface area contributed by atoms with E-state index in [2.05, 4.69) is 45.1 Å². The van der Waals surface area contributed by atoms with Crippen molar-refractivity contribution in [2.45, 2.75) is 393 Å². The second kappa shape index (κ2) is 65.4. The maximum atomic E-state index is 12.8. The molecule has 0 saturated heterocycles. The lowest BCUT2D eigenvalue weighted by molar-refractivity contribution is -0.167. The van der Waals surface area contributed by atoms with Gasteiger partial charge in [0.2, 0.25) is 0 Å². The monoisotopic (exact) mass is 1070 g/mol. The Morgan fingerprint density at radius 2 is 0.434 bits per heavy atom. The minimum atomic E-state index is -0.768. The SMILES string of the molecule is CCCCCCCCC/C=C\CCCCCCCCCC(=O)OC(COC(=O)CCCCCCCCC)COC(=O)CCCCCCCCCCCCCCCCCCCCCCC/C=C\CCCCCCCCCC. The van der Waals surface area contributed by atoms with E-state index in [4.69, 9.17) is 14.2 Å². The summed E-state index contributed by atoms with van der Waals surface area (Å²) < 4.78 is 16.9. The summed E-state index contributed by atoms with van der Waals surface area (Å²) in [5, 5.41) is 0. The normalized spacial score (nSPS) is 12.1. The Morgan fingerprint density at radius 1 is 0.250 bits per heavy atom. The van der Waals surface area contributed by atoms with Crippen LogP contribution in [0.25, 0.3) is 0 Å². The summed E-state index contributed by atoms with van der Waals surface area (Å²) in [6.45, 7) is 6.65. The summed E-state index contributed by atoms with van der Waals surface area (Å²) in [7, 11) is 0. The van der Waals surface area contributed by atoms with Gasteiger partial charge in [-0.2, -0.15) is 0 Å². The van der Waals surface area contributed by atoms with Crippen molar-refractivity contribution in [2.24, 2.45) is 0 Å². The van der Waals surface area contributed by atoms with Crippen molar-refractivity contribution in [3.05, 3.63) is 24.3 Å². The third kappa shape index (κ3) is 62.7. The molecular formula is C70H132O6. The molecule has 0 aromatic heterocycles. The van der Waals surface area contributed by atoms with Crippen molar-refractivity contribution < 1.29 is 28.6 Å². The molecule has 0 aliphatic rings. The zero-order valence-electron chi connectivity index (χ0n) is 51.6. The van der Waals surface area contributed by atoms with E-state index < -0.39 is 6.10 Å². The average Bonchev–Trinajstić information content (AvgIpc) is 3.42. The zero-order valence-corrected chi connectivity index (χ0v) is 51.6. The number of allylic oxidation sites excluding steroid dienone is 4. The molecule has 0 N–H and O–H groups in total. The van der Waals surface area contributed by atoms with Crippen molar-refractivity contribution in [1.29, 1.82) is 0 Å². The van der Waals surface area contributed by atoms with Crippen molar-refractivity contribution in [3.63, 3.8) is 0 Å². The van der Waals surface area contributed by atoms with Crippen LogP contribution in [0.1, 0.15) is 387 Å². The van der Waals surface area contributed by atoms with Crippen LogP contribution in [-0.2, 0) is 28.6 Å². The Kier molecular flexibility index (Phi) is 63.6. The van der Waals surface area contributed by atoms with Gasteiger partial charge in [0, 0.05) is 19.3 Å². The molecule has 0 bridgehead atoms. The maximum Gasteiger partial charge on any atom is 0.306 e. The van der Waals surface area contributed by atoms with Crippen molar-refractivity contribution in [2.75, 3.05) is 13.2 Å². The number of rotatable bonds is 64. The van der Waals surface area contributed by atoms with E-state index in [0.29, 0.717) is 19.3 Å². The fraction of sp³-hybridized carbons (Fsp3) is 0.900. The highest BCUT2D eigenvalue weighted by Crippen LogP contribution is 2.18. The molecule has 0 spiro atoms. The highest BCUT2D eigenvalue weighted by molar-refractivity contribution is 5.71. The second-order valence-corrected chi connectivity index (χ2v) is 23.4. The van der Waals surface area contributed by atoms with Crippen LogP contribution < -0.4 is 0 Å². The molecule has 76 heavy (non-hydrogen) atoms. The number of carbonyl (C=O) groups is 3. The third-order valence-electron chi connectivity index (χ3n) is 15.7. The number of ether oxygens (including phenoxy) is 3. The number of hydrogen-bond donors (Lipinski definition) is 0. The summed E-state index contributed by atoms with van der Waals surface area (Å²) in [6, 6.07) is 0. The van der Waals surface area contributed by atoms with E-state index in [1.807, 2.05) is 0 Å². The van der Waals surface area contributed by atoms with Gasteiger partial charge in [-0.05, 0) is 70.6 Å². The minimum absolute atomic E-state index is 0.0675. The first-order valence-corrected chi connectivity index (χ1v) is 34.3. The van der Waals surface area contributed by atoms with Crippen LogP contribution >= 0.6 is 0 Å². The van der Waals surface area contributed by atoms with Gasteiger partial charge in [-0.3, -0.25) is 14.4 Å². The lowest BCUT2D eigenvalue weighted by Crippen LogP contribution is -2.30. The van der Waals surface area contributed by atoms with Gasteiger partial charge in [-0.25, -0.2) is 0 Å². The number of esters is 3. The van der Waals surface area contributed by atoms with Gasteiger partial charge in [0.25, 0.3) is 0 Å². The fourth-order valence-electron chi connectivity index (χ4n) is 10.5. The molecule has 1 atom stereocenters. The summed E-state index contributed by atoms with van der Waals surface area (Å²) >= 11 is 0. The standard InChI is InChI=1S/C70H132O6/c1-4-7-10-13-16-18-20-22-24-26-28-29-30-31-32-33-34-35-36-37-38-39-40-41-42-44-45-47-49-51-54-57-60-63-69(72)75-66-67(65-74-68(71)62-59-56-53-15-12-9-6-3)76-70(73)64-61-58-55-52-50-48-46-43-27-25-23-21-19-17-14-11-8-5-2/h25-28,67H,4-24,29-66H2,1-3H3/b27-25-,28-26-. The first-order chi connectivity index (χ1) is 37.5. The minimum Gasteiger partial charge on any atom is -0.462 e. The molecule has 0 aromatic rings. The molecule has 0 fully saturated rings. The van der Waals surface area contributed by atoms with Gasteiger partial charge in [-0.1, -0.05) is 321 Å². The van der Waals surface area contributed by atoms with Crippen LogP contribution in [0.2, 0.25) is 0 Å². The molecule has 0 aromatic carbocycles. The van der Waals surface area contributed by atoms with E-state index in [0.717, 1.165) is 57.8 Å². The number of hydrogen-bond acceptors (Lipinski definition) is 6. The average molecular weight is 1070 g/mol. The summed E-state index contributed by atoms with van der Waals surface area (Å²) in [6.07, 6.45) is 79.6. The molecule has 0 heterocycles. The molecule has 0 aliphatic carbocycles. The van der Waals surface area contributed by atoms with Crippen LogP contribution in [0.15, 0.2) is 24.3 Å². The summed E-state index contributed by atoms with van der Waals surface area (Å²) in [4.78, 5) is 38.1. The molecule has 1 unspecified atom stereocenters. The van der Waals surface area contributed by atoms with Gasteiger partial charge in [0.15, 0.2) is 6.10 Å². The van der Waals surface area contributed by atoms with E-state index >= 15 is 0 Å². The van der Waals surface area contributed by atoms with E-state index in [-0.39, 0.29) is 31.1 Å². The topological polar surface area (TPSA) is 78.9 Å². The van der Waals surface area contributed by atoms with Crippen LogP contribution in [0, 0.1) is 0 Å². The third-order valence-corrected chi connectivity index (χ3v) is 15.7. The molecule has 0 radical (unpaired) electrons. The predicted molar refractivity (Wildman–Crippen MR) is 330 cm³/mol. The highest BCUT2D eigenvalue weighted by atomic mass is 16.6. The number of carbonyl (C=O) groups excluding carboxylic acids is 3. The fourth-order valence-corrected chi connectivity index (χ4v) is 10.5. The molecule has 6 heteroatoms. The Hall–Kier alpha value is -2.11. The Balaban J connectivity index is 3.95. The lowest BCUT2D eigenvalue weighted by atomic mass is 10.0. The number of unbranched alkanes of at least 4 members (excludes halogenated alkanes) is 49. The van der Waals surface area contributed by atoms with Gasteiger partial charge in [0.05, 0.1) is 0 Å². The van der Waals surface area contributed by atoms with Crippen molar-refractivity contribution in [3.8, 4) is 0 Å². The molecule has 6 nitrogen and oxygen atoms in total. The zero-order chi connectivity index (χ0) is 55.0. The van der Waals surface area contributed by atoms with Crippen molar-refractivity contribution >= 4 is 17.9 Å². The van der Waals surface area contributed by atoms with Gasteiger partial charge >= 0.3 is 17.9 Å². The van der Waals surface area contributed by atoms with Crippen LogP contribution in [0.5, 0.6) is 0 Å². The first kappa shape index (κ1) is 73.9. The van der Waals surface area contributed by atoms with Crippen LogP contribution in [0.3, 0.4) is 0 Å². The summed E-state index contributed by atoms with van der Waals surface area (Å²) in [5.74, 6) is -0.854. The van der Waals surface area contributed by atoms with E-state index in [1.54, 1.807) is 0 Å². The molecule has 0 saturated carbocycles. The Bertz CT molecular complexity index is 1230. The van der Waals surface area contributed by atoms with Crippen LogP contribution in [-0.4, -0.2) is 37.2 Å². The largest absolute Gasteiger partial charge is 0.462 e.